The van der Waals surface area contributed by atoms with Crippen LogP contribution >= 0.6 is 0 Å². The fraction of sp³-hybridized carbons (Fsp3) is 0. The molecule has 3 heteroatoms. The molecule has 0 radical (unpaired) electrons. The van der Waals surface area contributed by atoms with Gasteiger partial charge in [0.15, 0.2) is 0 Å². The van der Waals surface area contributed by atoms with E-state index >= 15 is 0 Å². The number of benzene rings is 9. The minimum atomic E-state index is 0.831. The van der Waals surface area contributed by atoms with Gasteiger partial charge in [0.25, 0.3) is 0 Å². The highest BCUT2D eigenvalue weighted by atomic mass is 16.3. The number of anilines is 3. The lowest BCUT2D eigenvalue weighted by Crippen LogP contribution is -2.11. The first-order chi connectivity index (χ1) is 27.3. The molecule has 0 unspecified atom stereocenters. The van der Waals surface area contributed by atoms with Crippen molar-refractivity contribution in [1.29, 1.82) is 0 Å². The molecule has 0 N–H and O–H groups in total. The summed E-state index contributed by atoms with van der Waals surface area (Å²) in [7, 11) is 0. The molecular weight excluding hydrogens is 671 g/mol. The summed E-state index contributed by atoms with van der Waals surface area (Å²) < 4.78 is 13.4. The third kappa shape index (κ3) is 5.20. The van der Waals surface area contributed by atoms with E-state index in [9.17, 15) is 0 Å². The SMILES string of the molecule is c1ccc(-c2ccc(-c3c(N(c4ccc(-c5ccccc5)cc4)c4ccc5ccccc5c4)ccc4c3oc3ccc5oc6ccccc6c5c34)cc2)cc1. The van der Waals surface area contributed by atoms with Crippen LogP contribution in [-0.4, -0.2) is 0 Å². The van der Waals surface area contributed by atoms with Gasteiger partial charge in [-0.3, -0.25) is 0 Å². The second kappa shape index (κ2) is 12.6. The lowest BCUT2D eigenvalue weighted by Gasteiger charge is -2.28. The fourth-order valence-corrected chi connectivity index (χ4v) is 8.24. The summed E-state index contributed by atoms with van der Waals surface area (Å²) in [6, 6.07) is 70.9. The predicted octanol–water partition coefficient (Wildman–Crippen LogP) is 15.1. The van der Waals surface area contributed by atoms with Crippen molar-refractivity contribution >= 4 is 71.7 Å². The molecular formula is C52H33NO2. The van der Waals surface area contributed by atoms with Gasteiger partial charge in [-0.15, -0.1) is 0 Å². The van der Waals surface area contributed by atoms with E-state index < -0.39 is 0 Å². The maximum atomic E-state index is 7.02. The first-order valence-corrected chi connectivity index (χ1v) is 18.7. The Bertz CT molecular complexity index is 3180. The van der Waals surface area contributed by atoms with Gasteiger partial charge in [-0.05, 0) is 93.2 Å². The lowest BCUT2D eigenvalue weighted by atomic mass is 9.95. The van der Waals surface area contributed by atoms with Crippen molar-refractivity contribution < 1.29 is 8.83 Å². The molecule has 0 spiro atoms. The molecule has 258 valence electrons. The smallest absolute Gasteiger partial charge is 0.145 e. The van der Waals surface area contributed by atoms with Crippen LogP contribution in [-0.2, 0) is 0 Å². The van der Waals surface area contributed by atoms with Crippen molar-refractivity contribution in [2.75, 3.05) is 4.90 Å². The predicted molar refractivity (Wildman–Crippen MR) is 229 cm³/mol. The van der Waals surface area contributed by atoms with Gasteiger partial charge in [-0.25, -0.2) is 0 Å². The van der Waals surface area contributed by atoms with E-state index in [1.807, 2.05) is 24.3 Å². The highest BCUT2D eigenvalue weighted by Crippen LogP contribution is 2.49. The molecule has 0 fully saturated rings. The molecule has 0 aliphatic rings. The highest BCUT2D eigenvalue weighted by molar-refractivity contribution is 6.27. The van der Waals surface area contributed by atoms with E-state index in [0.29, 0.717) is 0 Å². The van der Waals surface area contributed by atoms with Crippen LogP contribution in [0.15, 0.2) is 209 Å². The van der Waals surface area contributed by atoms with E-state index in [0.717, 1.165) is 77.6 Å². The molecule has 0 aliphatic heterocycles. The largest absolute Gasteiger partial charge is 0.456 e. The van der Waals surface area contributed by atoms with Gasteiger partial charge in [0.2, 0.25) is 0 Å². The van der Waals surface area contributed by atoms with Crippen molar-refractivity contribution in [3.63, 3.8) is 0 Å². The molecule has 0 bridgehead atoms. The summed E-state index contributed by atoms with van der Waals surface area (Å²) in [4.78, 5) is 2.37. The standard InChI is InChI=1S/C52H33NO2/c1-3-11-34(12-4-1)37-19-21-39(22-20-37)49-45(30-29-44-51-48(55-52(44)49)32-31-47-50(51)43-17-9-10-18-46(43)54-47)53(42-28-25-36-15-7-8-16-40(36)33-42)41-26-23-38(24-27-41)35-13-5-2-6-14-35/h1-33H. The third-order valence-corrected chi connectivity index (χ3v) is 10.9. The Morgan fingerprint density at radius 1 is 0.327 bits per heavy atom. The topological polar surface area (TPSA) is 29.5 Å². The highest BCUT2D eigenvalue weighted by Gasteiger charge is 2.25. The normalized spacial score (nSPS) is 11.6. The monoisotopic (exact) mass is 703 g/mol. The number of fused-ring (bicyclic) bond motifs is 8. The van der Waals surface area contributed by atoms with Crippen LogP contribution in [0.2, 0.25) is 0 Å². The summed E-state index contributed by atoms with van der Waals surface area (Å²) in [6.45, 7) is 0. The van der Waals surface area contributed by atoms with E-state index in [-0.39, 0.29) is 0 Å². The molecule has 55 heavy (non-hydrogen) atoms. The number of furan rings is 2. The van der Waals surface area contributed by atoms with Gasteiger partial charge in [0.05, 0.1) is 5.69 Å². The van der Waals surface area contributed by atoms with Crippen LogP contribution in [0, 0.1) is 0 Å². The molecule has 11 aromatic rings. The average Bonchev–Trinajstić information content (AvgIpc) is 3.83. The second-order valence-corrected chi connectivity index (χ2v) is 14.1. The zero-order valence-corrected chi connectivity index (χ0v) is 29.8. The van der Waals surface area contributed by atoms with E-state index in [2.05, 4.69) is 181 Å². The first kappa shape index (κ1) is 31.2. The van der Waals surface area contributed by atoms with Crippen LogP contribution < -0.4 is 4.90 Å². The number of nitrogens with zero attached hydrogens (tertiary/aromatic N) is 1. The lowest BCUT2D eigenvalue weighted by molar-refractivity contribution is 0.663. The molecule has 11 rings (SSSR count). The Labute approximate surface area is 317 Å². The Kier molecular flexibility index (Phi) is 7.17. The van der Waals surface area contributed by atoms with Crippen LogP contribution in [0.3, 0.4) is 0 Å². The van der Waals surface area contributed by atoms with Crippen LogP contribution in [0.4, 0.5) is 17.1 Å². The second-order valence-electron chi connectivity index (χ2n) is 14.1. The third-order valence-electron chi connectivity index (χ3n) is 10.9. The van der Waals surface area contributed by atoms with Crippen molar-refractivity contribution in [1.82, 2.24) is 0 Å². The molecule has 2 heterocycles. The molecule has 0 saturated heterocycles. The maximum absolute atomic E-state index is 7.02. The Morgan fingerprint density at radius 3 is 1.60 bits per heavy atom. The molecule has 0 aliphatic carbocycles. The van der Waals surface area contributed by atoms with Gasteiger partial charge in [0, 0.05) is 38.5 Å². The van der Waals surface area contributed by atoms with Gasteiger partial charge in [-0.1, -0.05) is 146 Å². The van der Waals surface area contributed by atoms with E-state index in [4.69, 9.17) is 8.83 Å². The molecule has 2 aromatic heterocycles. The van der Waals surface area contributed by atoms with Gasteiger partial charge in [0.1, 0.15) is 22.3 Å². The number of para-hydroxylation sites is 1. The molecule has 9 aromatic carbocycles. The van der Waals surface area contributed by atoms with Crippen LogP contribution in [0.5, 0.6) is 0 Å². The Balaban J connectivity index is 1.20. The van der Waals surface area contributed by atoms with Gasteiger partial charge >= 0.3 is 0 Å². The number of rotatable bonds is 6. The summed E-state index contributed by atoms with van der Waals surface area (Å²) in [5, 5.41) is 6.66. The van der Waals surface area contributed by atoms with Crippen molar-refractivity contribution in [2.45, 2.75) is 0 Å². The van der Waals surface area contributed by atoms with Gasteiger partial charge < -0.3 is 13.7 Å². The Morgan fingerprint density at radius 2 is 0.873 bits per heavy atom. The Hall–Kier alpha value is -7.36. The number of hydrogen-bond acceptors (Lipinski definition) is 3. The zero-order chi connectivity index (χ0) is 36.3. The molecule has 0 atom stereocenters. The van der Waals surface area contributed by atoms with E-state index in [1.54, 1.807) is 0 Å². The number of hydrogen-bond donors (Lipinski definition) is 0. The maximum Gasteiger partial charge on any atom is 0.145 e. The van der Waals surface area contributed by atoms with Crippen molar-refractivity contribution in [2.24, 2.45) is 0 Å². The first-order valence-electron chi connectivity index (χ1n) is 18.7. The fourth-order valence-electron chi connectivity index (χ4n) is 8.24. The minimum Gasteiger partial charge on any atom is -0.456 e. The average molecular weight is 704 g/mol. The summed E-state index contributed by atoms with van der Waals surface area (Å²) >= 11 is 0. The quantitative estimate of drug-likeness (QED) is 0.173. The van der Waals surface area contributed by atoms with E-state index in [1.165, 1.54) is 27.5 Å². The molecule has 0 amide bonds. The summed E-state index contributed by atoms with van der Waals surface area (Å²) in [5.41, 5.74) is 13.3. The molecule has 0 saturated carbocycles. The van der Waals surface area contributed by atoms with Crippen LogP contribution in [0.1, 0.15) is 0 Å². The van der Waals surface area contributed by atoms with Crippen molar-refractivity contribution in [3.05, 3.63) is 200 Å². The van der Waals surface area contributed by atoms with Crippen molar-refractivity contribution in [3.8, 4) is 33.4 Å². The zero-order valence-electron chi connectivity index (χ0n) is 29.8. The van der Waals surface area contributed by atoms with Crippen LogP contribution in [0.25, 0.3) is 88.0 Å². The summed E-state index contributed by atoms with van der Waals surface area (Å²) in [6.07, 6.45) is 0. The molecule has 3 nitrogen and oxygen atoms in total. The van der Waals surface area contributed by atoms with Gasteiger partial charge in [-0.2, -0.15) is 0 Å². The minimum absolute atomic E-state index is 0.831. The summed E-state index contributed by atoms with van der Waals surface area (Å²) in [5.74, 6) is 0.